The van der Waals surface area contributed by atoms with Crippen molar-refractivity contribution in [3.05, 3.63) is 47.5 Å². The molecule has 98 valence electrons. The molecule has 0 heterocycles. The molecule has 1 heteroatoms. The van der Waals surface area contributed by atoms with Gasteiger partial charge in [-0.3, -0.25) is 0 Å². The third kappa shape index (κ3) is 3.73. The number of allylic oxidation sites excluding steroid dienone is 2. The van der Waals surface area contributed by atoms with Crippen molar-refractivity contribution in [2.45, 2.75) is 38.5 Å². The van der Waals surface area contributed by atoms with E-state index < -0.39 is 0 Å². The van der Waals surface area contributed by atoms with Crippen LogP contribution >= 0.6 is 0 Å². The van der Waals surface area contributed by atoms with Crippen molar-refractivity contribution in [3.63, 3.8) is 0 Å². The first-order chi connectivity index (χ1) is 9.33. The molecule has 0 N–H and O–H groups in total. The molecule has 0 spiro atoms. The van der Waals surface area contributed by atoms with Crippen LogP contribution in [0.25, 0.3) is 0 Å². The molecular weight excluding hydrogens is 230 g/mol. The molecule has 0 atom stereocenters. The van der Waals surface area contributed by atoms with E-state index in [0.717, 1.165) is 11.5 Å². The minimum Gasteiger partial charge on any atom is -0.183 e. The van der Waals surface area contributed by atoms with Crippen molar-refractivity contribution < 1.29 is 1.43 Å². The number of nitrogens with zero attached hydrogens (tertiary/aromatic N) is 1. The smallest absolute Gasteiger partial charge is 0.152 e. The number of hydrogen-bond acceptors (Lipinski definition) is 1. The highest BCUT2D eigenvalue weighted by Crippen LogP contribution is 2.36. The van der Waals surface area contributed by atoms with E-state index in [1.165, 1.54) is 31.2 Å². The first kappa shape index (κ1) is 13.4. The molecule has 1 fully saturated rings. The van der Waals surface area contributed by atoms with Crippen molar-refractivity contribution in [1.29, 1.82) is 5.26 Å². The topological polar surface area (TPSA) is 23.8 Å². The Balaban J connectivity index is 0.00000200. The molecule has 0 aromatic heterocycles. The molecule has 2 rings (SSSR count). The average molecular weight is 251 g/mol. The standard InChI is InChI=1S/C18H19N.H2/c1-2-4-15-6-10-17(11-7-15)18-12-8-16(9-13-18)5-3-14-19;/h2,4,8-9,12-13,15,17H,6-7,10-11H2,1H3;1H/b4-2+;. The molecule has 0 aliphatic heterocycles. The van der Waals surface area contributed by atoms with Gasteiger partial charge in [-0.25, -0.2) is 0 Å². The predicted molar refractivity (Wildman–Crippen MR) is 80.6 cm³/mol. The first-order valence-corrected chi connectivity index (χ1v) is 6.96. The molecule has 0 bridgehead atoms. The highest BCUT2D eigenvalue weighted by atomic mass is 14.2. The second-order valence-corrected chi connectivity index (χ2v) is 5.12. The van der Waals surface area contributed by atoms with Crippen LogP contribution in [-0.2, 0) is 0 Å². The van der Waals surface area contributed by atoms with E-state index in [9.17, 15) is 0 Å². The Bertz CT molecular complexity index is 532. The zero-order valence-electron chi connectivity index (χ0n) is 11.4. The summed E-state index contributed by atoms with van der Waals surface area (Å²) in [6.45, 7) is 2.10. The molecule has 1 aromatic rings. The van der Waals surface area contributed by atoms with Gasteiger partial charge in [-0.2, -0.15) is 5.26 Å². The monoisotopic (exact) mass is 251 g/mol. The third-order valence-corrected chi connectivity index (χ3v) is 3.88. The molecule has 1 saturated carbocycles. The van der Waals surface area contributed by atoms with E-state index in [4.69, 9.17) is 5.26 Å². The minimum atomic E-state index is 0. The van der Waals surface area contributed by atoms with Crippen LogP contribution < -0.4 is 0 Å². The van der Waals surface area contributed by atoms with Crippen molar-refractivity contribution in [1.82, 2.24) is 0 Å². The highest BCUT2D eigenvalue weighted by molar-refractivity contribution is 5.39. The van der Waals surface area contributed by atoms with Crippen LogP contribution in [0.15, 0.2) is 36.4 Å². The Kier molecular flexibility index (Phi) is 4.82. The van der Waals surface area contributed by atoms with Crippen molar-refractivity contribution in [2.24, 2.45) is 5.92 Å². The third-order valence-electron chi connectivity index (χ3n) is 3.88. The maximum absolute atomic E-state index is 8.43. The second kappa shape index (κ2) is 6.81. The van der Waals surface area contributed by atoms with E-state index in [0.29, 0.717) is 5.92 Å². The number of rotatable bonds is 2. The van der Waals surface area contributed by atoms with Gasteiger partial charge >= 0.3 is 0 Å². The van der Waals surface area contributed by atoms with Gasteiger partial charge in [0.05, 0.1) is 0 Å². The van der Waals surface area contributed by atoms with Gasteiger partial charge in [0.2, 0.25) is 0 Å². The van der Waals surface area contributed by atoms with Gasteiger partial charge in [0, 0.05) is 12.9 Å². The molecule has 1 aliphatic carbocycles. The van der Waals surface area contributed by atoms with Gasteiger partial charge in [-0.15, -0.1) is 0 Å². The van der Waals surface area contributed by atoms with Gasteiger partial charge in [0.15, 0.2) is 6.07 Å². The fraction of sp³-hybridized carbons (Fsp3) is 0.389. The molecule has 0 radical (unpaired) electrons. The summed E-state index contributed by atoms with van der Waals surface area (Å²) in [7, 11) is 0. The maximum atomic E-state index is 8.43. The van der Waals surface area contributed by atoms with Crippen molar-refractivity contribution >= 4 is 0 Å². The van der Waals surface area contributed by atoms with E-state index in [-0.39, 0.29) is 1.43 Å². The number of benzene rings is 1. The van der Waals surface area contributed by atoms with Crippen LogP contribution in [0.5, 0.6) is 0 Å². The Morgan fingerprint density at radius 3 is 2.42 bits per heavy atom. The summed E-state index contributed by atoms with van der Waals surface area (Å²) in [5.41, 5.74) is 2.34. The Morgan fingerprint density at radius 1 is 1.16 bits per heavy atom. The summed E-state index contributed by atoms with van der Waals surface area (Å²) in [4.78, 5) is 0. The van der Waals surface area contributed by atoms with Gasteiger partial charge in [-0.1, -0.05) is 30.2 Å². The normalized spacial score (nSPS) is 22.5. The molecule has 0 unspecified atom stereocenters. The van der Waals surface area contributed by atoms with E-state index >= 15 is 0 Å². The van der Waals surface area contributed by atoms with E-state index in [2.05, 4.69) is 43.0 Å². The maximum Gasteiger partial charge on any atom is 0.152 e. The summed E-state index contributed by atoms with van der Waals surface area (Å²) >= 11 is 0. The van der Waals surface area contributed by atoms with Gasteiger partial charge in [0.25, 0.3) is 0 Å². The lowest BCUT2D eigenvalue weighted by molar-refractivity contribution is 0.375. The van der Waals surface area contributed by atoms with E-state index in [1.807, 2.05) is 18.2 Å². The Labute approximate surface area is 117 Å². The predicted octanol–water partition coefficient (Wildman–Crippen LogP) is 4.66. The molecule has 0 amide bonds. The first-order valence-electron chi connectivity index (χ1n) is 6.96. The largest absolute Gasteiger partial charge is 0.183 e. The summed E-state index contributed by atoms with van der Waals surface area (Å²) in [5.74, 6) is 6.73. The van der Waals surface area contributed by atoms with Crippen LogP contribution in [0.3, 0.4) is 0 Å². The highest BCUT2D eigenvalue weighted by Gasteiger charge is 2.20. The fourth-order valence-electron chi connectivity index (χ4n) is 2.86. The van der Waals surface area contributed by atoms with Crippen LogP contribution in [0.4, 0.5) is 0 Å². The van der Waals surface area contributed by atoms with Crippen LogP contribution in [-0.4, -0.2) is 0 Å². The zero-order chi connectivity index (χ0) is 13.5. The van der Waals surface area contributed by atoms with Crippen LogP contribution in [0, 0.1) is 29.1 Å². The summed E-state index contributed by atoms with van der Waals surface area (Å²) in [5, 5.41) is 8.43. The quantitative estimate of drug-likeness (QED) is 0.554. The van der Waals surface area contributed by atoms with Gasteiger partial charge < -0.3 is 0 Å². The van der Waals surface area contributed by atoms with Crippen molar-refractivity contribution in [2.75, 3.05) is 0 Å². The molecule has 1 aliphatic rings. The lowest BCUT2D eigenvalue weighted by atomic mass is 9.78. The van der Waals surface area contributed by atoms with Gasteiger partial charge in [-0.05, 0) is 62.1 Å². The summed E-state index contributed by atoms with van der Waals surface area (Å²) < 4.78 is 0. The summed E-state index contributed by atoms with van der Waals surface area (Å²) in [6.07, 6.45) is 9.66. The van der Waals surface area contributed by atoms with Crippen LogP contribution in [0.2, 0.25) is 0 Å². The minimum absolute atomic E-state index is 0. The van der Waals surface area contributed by atoms with Crippen molar-refractivity contribution in [3.8, 4) is 17.9 Å². The van der Waals surface area contributed by atoms with Crippen LogP contribution in [0.1, 0.15) is 51.1 Å². The van der Waals surface area contributed by atoms with E-state index in [1.54, 1.807) is 0 Å². The fourth-order valence-corrected chi connectivity index (χ4v) is 2.86. The Morgan fingerprint density at radius 2 is 1.84 bits per heavy atom. The molecule has 1 aromatic carbocycles. The SMILES string of the molecule is C/C=C/C1CCC(c2ccc(C#CC#N)cc2)CC1.[HH]. The molecule has 19 heavy (non-hydrogen) atoms. The summed E-state index contributed by atoms with van der Waals surface area (Å²) in [6, 6.07) is 10.2. The number of hydrogen-bond donors (Lipinski definition) is 0. The lowest BCUT2D eigenvalue weighted by Gasteiger charge is -2.27. The molecular formula is C18H21N. The van der Waals surface area contributed by atoms with Gasteiger partial charge in [0.1, 0.15) is 0 Å². The molecule has 0 saturated heterocycles. The number of nitriles is 1. The second-order valence-electron chi connectivity index (χ2n) is 5.12. The zero-order valence-corrected chi connectivity index (χ0v) is 11.4. The lowest BCUT2D eigenvalue weighted by Crippen LogP contribution is -2.11. The molecule has 1 nitrogen and oxygen atoms in total. The average Bonchev–Trinajstić information content (AvgIpc) is 2.47. The Hall–Kier alpha value is -1.99.